The molecular formula is C29H42IO3P. The fourth-order valence-corrected chi connectivity index (χ4v) is 16.1. The number of rotatable bonds is 15. The number of halogens is 1. The molecule has 1 saturated heterocycles. The molecule has 0 aliphatic carbocycles. The molecule has 0 radical (unpaired) electrons. The predicted octanol–water partition coefficient (Wildman–Crippen LogP) is 7.71. The molecule has 188 valence electrons. The molecule has 2 aromatic carbocycles. The number of hydrogen-bond donors (Lipinski definition) is 1. The number of hydrogen-bond acceptors (Lipinski definition) is 2. The van der Waals surface area contributed by atoms with Crippen LogP contribution in [0.25, 0.3) is 0 Å². The number of carboxylic acids is 1. The first kappa shape index (κ1) is 27.6. The Morgan fingerprint density at radius 1 is 0.765 bits per heavy atom. The van der Waals surface area contributed by atoms with Crippen LogP contribution >= 0.6 is 26.3 Å². The summed E-state index contributed by atoms with van der Waals surface area (Å²) < 4.78 is 3.40. The molecule has 1 N–H and O–H groups in total. The van der Waals surface area contributed by atoms with E-state index in [1.165, 1.54) is 51.1 Å². The van der Waals surface area contributed by atoms with Crippen molar-refractivity contribution in [2.45, 2.75) is 82.7 Å². The van der Waals surface area contributed by atoms with Gasteiger partial charge in [-0.05, 0) is 0 Å². The van der Waals surface area contributed by atoms with Crippen LogP contribution in [0.15, 0.2) is 60.7 Å². The molecule has 0 atom stereocenters. The number of unbranched alkanes of at least 4 members (excludes halogenated alkanes) is 8. The monoisotopic (exact) mass is 596 g/mol. The number of carboxylic acid groups (broad SMARTS) is 1. The van der Waals surface area contributed by atoms with Crippen LogP contribution in [0.2, 0.25) is 0 Å². The third kappa shape index (κ3) is 7.04. The Morgan fingerprint density at radius 3 is 1.68 bits per heavy atom. The molecule has 1 fully saturated rings. The minimum atomic E-state index is -2.42. The molecule has 34 heavy (non-hydrogen) atoms. The van der Waals surface area contributed by atoms with E-state index >= 15 is 0 Å². The van der Waals surface area contributed by atoms with E-state index in [9.17, 15) is 4.79 Å². The summed E-state index contributed by atoms with van der Waals surface area (Å²) in [7, 11) is 0. The maximum atomic E-state index is 10.6. The summed E-state index contributed by atoms with van der Waals surface area (Å²) in [6, 6.07) is 22.8. The normalized spacial score (nSPS) is 16.1. The van der Waals surface area contributed by atoms with Crippen LogP contribution in [0, 0.1) is 0 Å². The minimum absolute atomic E-state index is 0.318. The second kappa shape index (κ2) is 13.9. The number of benzene rings is 2. The van der Waals surface area contributed by atoms with Crippen molar-refractivity contribution in [3.8, 4) is 0 Å². The van der Waals surface area contributed by atoms with E-state index in [4.69, 9.17) is 9.84 Å². The van der Waals surface area contributed by atoms with Crippen LogP contribution in [-0.4, -0.2) is 36.1 Å². The molecule has 3 rings (SSSR count). The van der Waals surface area contributed by atoms with Gasteiger partial charge in [0.05, 0.1) is 0 Å². The van der Waals surface area contributed by atoms with Gasteiger partial charge in [0.25, 0.3) is 0 Å². The average Bonchev–Trinajstić information content (AvgIpc) is 2.88. The zero-order valence-corrected chi connectivity index (χ0v) is 23.6. The summed E-state index contributed by atoms with van der Waals surface area (Å²) in [5.41, 5.74) is 0.677. The molecule has 0 spiro atoms. The van der Waals surface area contributed by atoms with Crippen molar-refractivity contribution in [3.63, 3.8) is 0 Å². The summed E-state index contributed by atoms with van der Waals surface area (Å²) in [4.78, 5) is 10.6. The van der Waals surface area contributed by atoms with Crippen molar-refractivity contribution in [1.29, 1.82) is 0 Å². The van der Waals surface area contributed by atoms with Crippen molar-refractivity contribution in [3.05, 3.63) is 60.7 Å². The van der Waals surface area contributed by atoms with E-state index in [1.54, 1.807) is 10.6 Å². The van der Waals surface area contributed by atoms with Crippen LogP contribution in [0.5, 0.6) is 0 Å². The Balaban J connectivity index is 1.63. The zero-order valence-electron chi connectivity index (χ0n) is 20.5. The third-order valence-corrected chi connectivity index (χ3v) is 20.8. The second-order valence-electron chi connectivity index (χ2n) is 9.82. The van der Waals surface area contributed by atoms with Crippen LogP contribution in [0.1, 0.15) is 77.0 Å². The standard InChI is InChI=1S/C29H42IO3P/c30-34(26-16-10-8-11-17-26,27-18-12-9-13-19-27,28-21-23-33-24-22-28)25-15-7-5-3-1-2-4-6-14-20-29(31)32/h8-13,16-19,28H,1-7,14-15,20-25H2,(H,31,32). The topological polar surface area (TPSA) is 46.5 Å². The van der Waals surface area contributed by atoms with Crippen LogP contribution in [0.3, 0.4) is 0 Å². The first-order chi connectivity index (χ1) is 16.6. The molecule has 0 aromatic heterocycles. The predicted molar refractivity (Wildman–Crippen MR) is 156 cm³/mol. The molecule has 1 aliphatic rings. The number of ether oxygens (including phenoxy) is 1. The summed E-state index contributed by atoms with van der Waals surface area (Å²) in [6.45, 7) is 1.77. The average molecular weight is 597 g/mol. The molecule has 3 nitrogen and oxygen atoms in total. The first-order valence-electron chi connectivity index (χ1n) is 13.2. The van der Waals surface area contributed by atoms with Gasteiger partial charge in [-0.1, -0.05) is 0 Å². The molecule has 0 amide bonds. The Kier molecular flexibility index (Phi) is 11.3. The van der Waals surface area contributed by atoms with Crippen molar-refractivity contribution < 1.29 is 14.6 Å². The van der Waals surface area contributed by atoms with E-state index in [1.807, 2.05) is 0 Å². The fraction of sp³-hybridized carbons (Fsp3) is 0.552. The Morgan fingerprint density at radius 2 is 1.21 bits per heavy atom. The second-order valence-corrected chi connectivity index (χ2v) is 21.2. The van der Waals surface area contributed by atoms with Gasteiger partial charge < -0.3 is 5.11 Å². The van der Waals surface area contributed by atoms with Gasteiger partial charge in [-0.2, -0.15) is 0 Å². The molecule has 5 heteroatoms. The SMILES string of the molecule is O=C(O)CCCCCCCCCCCP(I)(c1ccccc1)(c1ccccc1)C1CCOCC1. The van der Waals surface area contributed by atoms with Gasteiger partial charge in [0.1, 0.15) is 0 Å². The van der Waals surface area contributed by atoms with Crippen molar-refractivity contribution in [2.75, 3.05) is 19.4 Å². The molecule has 0 unspecified atom stereocenters. The molecule has 1 aliphatic heterocycles. The molecule has 2 aromatic rings. The molecule has 0 bridgehead atoms. The van der Waals surface area contributed by atoms with Crippen LogP contribution in [-0.2, 0) is 9.53 Å². The Bertz CT molecular complexity index is 813. The van der Waals surface area contributed by atoms with Crippen molar-refractivity contribution in [2.24, 2.45) is 0 Å². The van der Waals surface area contributed by atoms with E-state index in [-0.39, 0.29) is 0 Å². The fourth-order valence-electron chi connectivity index (χ4n) is 5.67. The Hall–Kier alpha value is -0.970. The van der Waals surface area contributed by atoms with Crippen molar-refractivity contribution in [1.82, 2.24) is 0 Å². The summed E-state index contributed by atoms with van der Waals surface area (Å²) in [5.74, 6) is -0.667. The van der Waals surface area contributed by atoms with Gasteiger partial charge in [0, 0.05) is 0 Å². The Labute approximate surface area is 219 Å². The van der Waals surface area contributed by atoms with E-state index in [2.05, 4.69) is 82.7 Å². The van der Waals surface area contributed by atoms with Gasteiger partial charge in [-0.3, -0.25) is 4.79 Å². The molecule has 0 saturated carbocycles. The zero-order chi connectivity index (χ0) is 24.1. The van der Waals surface area contributed by atoms with E-state index < -0.39 is 10.2 Å². The van der Waals surface area contributed by atoms with E-state index in [0.717, 1.165) is 38.9 Å². The van der Waals surface area contributed by atoms with Crippen LogP contribution < -0.4 is 10.6 Å². The molecule has 1 heterocycles. The van der Waals surface area contributed by atoms with Gasteiger partial charge in [-0.15, -0.1) is 0 Å². The van der Waals surface area contributed by atoms with E-state index in [0.29, 0.717) is 12.1 Å². The summed E-state index contributed by atoms with van der Waals surface area (Å²) in [5, 5.41) is 11.9. The van der Waals surface area contributed by atoms with Gasteiger partial charge in [-0.25, -0.2) is 0 Å². The third-order valence-electron chi connectivity index (χ3n) is 7.57. The van der Waals surface area contributed by atoms with Gasteiger partial charge in [0.2, 0.25) is 0 Å². The first-order valence-corrected chi connectivity index (χ1v) is 18.5. The van der Waals surface area contributed by atoms with Gasteiger partial charge in [0.15, 0.2) is 0 Å². The quantitative estimate of drug-likeness (QED) is 0.130. The maximum absolute atomic E-state index is 10.6. The summed E-state index contributed by atoms with van der Waals surface area (Å²) >= 11 is 2.98. The number of aliphatic carboxylic acids is 1. The molecular weight excluding hydrogens is 554 g/mol. The van der Waals surface area contributed by atoms with Crippen LogP contribution in [0.4, 0.5) is 0 Å². The van der Waals surface area contributed by atoms with Gasteiger partial charge >= 0.3 is 210 Å². The summed E-state index contributed by atoms with van der Waals surface area (Å²) in [6.07, 6.45) is 14.6. The number of carbonyl (C=O) groups is 1. The van der Waals surface area contributed by atoms with Crippen molar-refractivity contribution >= 4 is 42.9 Å².